The van der Waals surface area contributed by atoms with Gasteiger partial charge in [-0.2, -0.15) is 22.7 Å². The third-order valence-electron chi connectivity index (χ3n) is 6.14. The summed E-state index contributed by atoms with van der Waals surface area (Å²) in [5.41, 5.74) is 2.93. The fraction of sp³-hybridized carbons (Fsp3) is 0.103. The first-order chi connectivity index (χ1) is 19.0. The van der Waals surface area contributed by atoms with E-state index in [9.17, 15) is 22.4 Å². The second-order valence-electron chi connectivity index (χ2n) is 9.11. The SMILES string of the molecule is Cc1ccc(C(=O)Nc2cc(-c3cnn(C)c3)cc(C(F)(F)F)c2)cc1Nc1cc(-c2ccc(F)nc2)ccn1. The molecule has 5 aromatic rings. The Morgan fingerprint density at radius 2 is 1.70 bits per heavy atom. The zero-order valence-corrected chi connectivity index (χ0v) is 21.3. The van der Waals surface area contributed by atoms with Crippen molar-refractivity contribution in [3.8, 4) is 22.3 Å². The minimum Gasteiger partial charge on any atom is -0.340 e. The third kappa shape index (κ3) is 5.98. The minimum atomic E-state index is -4.61. The van der Waals surface area contributed by atoms with Crippen LogP contribution < -0.4 is 10.6 Å². The molecule has 0 unspecified atom stereocenters. The number of amides is 1. The molecule has 2 aromatic carbocycles. The molecular weight excluding hydrogens is 524 g/mol. The van der Waals surface area contributed by atoms with Crippen LogP contribution in [0.5, 0.6) is 0 Å². The molecule has 11 heteroatoms. The zero-order valence-electron chi connectivity index (χ0n) is 21.3. The number of alkyl halides is 3. The normalized spacial score (nSPS) is 11.3. The van der Waals surface area contributed by atoms with Crippen molar-refractivity contribution >= 4 is 23.1 Å². The Hall–Kier alpha value is -5.06. The second-order valence-corrected chi connectivity index (χ2v) is 9.11. The number of carbonyl (C=O) groups excluding carboxylic acids is 1. The molecule has 0 bridgehead atoms. The van der Waals surface area contributed by atoms with Gasteiger partial charge in [-0.05, 0) is 78.2 Å². The Labute approximate surface area is 226 Å². The van der Waals surface area contributed by atoms with E-state index in [4.69, 9.17) is 0 Å². The molecule has 5 rings (SSSR count). The lowest BCUT2D eigenvalue weighted by Gasteiger charge is -2.14. The first kappa shape index (κ1) is 26.5. The second kappa shape index (κ2) is 10.6. The first-order valence-electron chi connectivity index (χ1n) is 12.0. The number of carbonyl (C=O) groups is 1. The zero-order chi connectivity index (χ0) is 28.4. The van der Waals surface area contributed by atoms with Crippen molar-refractivity contribution in [1.82, 2.24) is 19.7 Å². The van der Waals surface area contributed by atoms with Gasteiger partial charge in [0.2, 0.25) is 5.95 Å². The van der Waals surface area contributed by atoms with Crippen LogP contribution in [0.4, 0.5) is 34.8 Å². The van der Waals surface area contributed by atoms with Crippen LogP contribution in [0.25, 0.3) is 22.3 Å². The van der Waals surface area contributed by atoms with Crippen LogP contribution in [0.3, 0.4) is 0 Å². The van der Waals surface area contributed by atoms with Gasteiger partial charge in [-0.3, -0.25) is 9.48 Å². The van der Waals surface area contributed by atoms with E-state index in [-0.39, 0.29) is 16.8 Å². The van der Waals surface area contributed by atoms with Crippen LogP contribution in [-0.2, 0) is 13.2 Å². The van der Waals surface area contributed by atoms with E-state index in [2.05, 4.69) is 25.7 Å². The predicted molar refractivity (Wildman–Crippen MR) is 143 cm³/mol. The maximum atomic E-state index is 13.6. The van der Waals surface area contributed by atoms with Gasteiger partial charge < -0.3 is 10.6 Å². The monoisotopic (exact) mass is 546 g/mol. The molecule has 40 heavy (non-hydrogen) atoms. The third-order valence-corrected chi connectivity index (χ3v) is 6.14. The van der Waals surface area contributed by atoms with Gasteiger partial charge in [0.05, 0.1) is 11.8 Å². The van der Waals surface area contributed by atoms with Crippen molar-refractivity contribution in [2.75, 3.05) is 10.6 Å². The molecule has 0 saturated heterocycles. The summed E-state index contributed by atoms with van der Waals surface area (Å²) in [5, 5.41) is 9.78. The van der Waals surface area contributed by atoms with Gasteiger partial charge in [-0.25, -0.2) is 9.97 Å². The highest BCUT2D eigenvalue weighted by Crippen LogP contribution is 2.35. The van der Waals surface area contributed by atoms with Crippen molar-refractivity contribution in [2.45, 2.75) is 13.1 Å². The molecule has 2 N–H and O–H groups in total. The molecule has 0 spiro atoms. The maximum absolute atomic E-state index is 13.6. The highest BCUT2D eigenvalue weighted by molar-refractivity contribution is 6.05. The molecule has 3 aromatic heterocycles. The first-order valence-corrected chi connectivity index (χ1v) is 12.0. The highest BCUT2D eigenvalue weighted by Gasteiger charge is 2.31. The molecule has 1 amide bonds. The van der Waals surface area contributed by atoms with Crippen molar-refractivity contribution in [2.24, 2.45) is 7.05 Å². The molecule has 0 aliphatic heterocycles. The van der Waals surface area contributed by atoms with Crippen molar-refractivity contribution in [3.05, 3.63) is 108 Å². The Kier molecular flexibility index (Phi) is 7.03. The summed E-state index contributed by atoms with van der Waals surface area (Å²) in [6.07, 6.45) is 1.44. The van der Waals surface area contributed by atoms with Gasteiger partial charge in [-0.1, -0.05) is 6.07 Å². The summed E-state index contributed by atoms with van der Waals surface area (Å²) in [7, 11) is 1.66. The quantitative estimate of drug-likeness (QED) is 0.177. The van der Waals surface area contributed by atoms with E-state index < -0.39 is 23.6 Å². The van der Waals surface area contributed by atoms with Gasteiger partial charge in [-0.15, -0.1) is 0 Å². The Morgan fingerprint density at radius 1 is 0.875 bits per heavy atom. The largest absolute Gasteiger partial charge is 0.416 e. The molecule has 0 saturated carbocycles. The van der Waals surface area contributed by atoms with E-state index in [0.29, 0.717) is 22.6 Å². The van der Waals surface area contributed by atoms with Crippen molar-refractivity contribution in [1.29, 1.82) is 0 Å². The fourth-order valence-electron chi connectivity index (χ4n) is 4.06. The summed E-state index contributed by atoms with van der Waals surface area (Å²) in [5.74, 6) is -0.694. The lowest BCUT2D eigenvalue weighted by molar-refractivity contribution is -0.137. The van der Waals surface area contributed by atoms with Crippen LogP contribution in [0, 0.1) is 12.9 Å². The Bertz CT molecular complexity index is 1700. The smallest absolute Gasteiger partial charge is 0.340 e. The number of hydrogen-bond acceptors (Lipinski definition) is 5. The number of pyridine rings is 2. The lowest BCUT2D eigenvalue weighted by Crippen LogP contribution is -2.14. The summed E-state index contributed by atoms with van der Waals surface area (Å²) in [6.45, 7) is 1.84. The van der Waals surface area contributed by atoms with Crippen molar-refractivity contribution < 1.29 is 22.4 Å². The Morgan fingerprint density at radius 3 is 2.40 bits per heavy atom. The number of nitrogens with zero attached hydrogens (tertiary/aromatic N) is 4. The molecule has 202 valence electrons. The van der Waals surface area contributed by atoms with E-state index in [1.54, 1.807) is 55.8 Å². The number of halogens is 4. The minimum absolute atomic E-state index is 0.00367. The average Bonchev–Trinajstić information content (AvgIpc) is 3.36. The molecule has 0 fully saturated rings. The molecule has 0 aliphatic rings. The van der Waals surface area contributed by atoms with Crippen molar-refractivity contribution in [3.63, 3.8) is 0 Å². The van der Waals surface area contributed by atoms with Gasteiger partial charge in [0.1, 0.15) is 5.82 Å². The van der Waals surface area contributed by atoms with Gasteiger partial charge in [0, 0.05) is 53.7 Å². The van der Waals surface area contributed by atoms with E-state index >= 15 is 0 Å². The van der Waals surface area contributed by atoms with Gasteiger partial charge in [0.15, 0.2) is 0 Å². The highest BCUT2D eigenvalue weighted by atomic mass is 19.4. The van der Waals surface area contributed by atoms with Crippen LogP contribution >= 0.6 is 0 Å². The summed E-state index contributed by atoms with van der Waals surface area (Å²) in [4.78, 5) is 21.1. The molecular formula is C29H22F4N6O. The number of rotatable bonds is 6. The van der Waals surface area contributed by atoms with E-state index in [1.807, 2.05) is 6.92 Å². The molecule has 7 nitrogen and oxygen atoms in total. The van der Waals surface area contributed by atoms with Gasteiger partial charge in [0.25, 0.3) is 5.91 Å². The average molecular weight is 547 g/mol. The fourth-order valence-corrected chi connectivity index (χ4v) is 4.06. The molecule has 0 radical (unpaired) electrons. The molecule has 3 heterocycles. The van der Waals surface area contributed by atoms with Crippen LogP contribution in [0.15, 0.2) is 85.5 Å². The van der Waals surface area contributed by atoms with E-state index in [1.165, 1.54) is 29.2 Å². The number of hydrogen-bond donors (Lipinski definition) is 2. The number of aromatic nitrogens is 4. The van der Waals surface area contributed by atoms with Crippen LogP contribution in [0.2, 0.25) is 0 Å². The van der Waals surface area contributed by atoms with Crippen LogP contribution in [-0.4, -0.2) is 25.7 Å². The van der Waals surface area contributed by atoms with E-state index in [0.717, 1.165) is 23.3 Å². The summed E-state index contributed by atoms with van der Waals surface area (Å²) >= 11 is 0. The molecule has 0 aliphatic carbocycles. The van der Waals surface area contributed by atoms with Gasteiger partial charge >= 0.3 is 6.18 Å². The van der Waals surface area contributed by atoms with Crippen LogP contribution in [0.1, 0.15) is 21.5 Å². The number of anilines is 3. The number of nitrogens with one attached hydrogen (secondary N) is 2. The number of benzene rings is 2. The summed E-state index contributed by atoms with van der Waals surface area (Å²) < 4.78 is 55.5. The standard InChI is InChI=1S/C29H22F4N6O/c1-17-3-4-19(11-25(17)38-27-12-18(7-8-34-27)20-5-6-26(30)35-14-20)28(40)37-24-10-21(22-15-36-39(2)16-22)9-23(13-24)29(31,32)33/h3-16H,1-2H3,(H,34,38)(H,37,40). The number of aryl methyl sites for hydroxylation is 2. The lowest BCUT2D eigenvalue weighted by atomic mass is 10.0. The maximum Gasteiger partial charge on any atom is 0.416 e. The molecule has 0 atom stereocenters. The topological polar surface area (TPSA) is 84.7 Å². The summed E-state index contributed by atoms with van der Waals surface area (Å²) in [6, 6.07) is 14.7. The Balaban J connectivity index is 1.40. The predicted octanol–water partition coefficient (Wildman–Crippen LogP) is 7.01.